The van der Waals surface area contributed by atoms with E-state index in [2.05, 4.69) is 211 Å². The minimum atomic E-state index is -0.707. The molecule has 0 bridgehead atoms. The summed E-state index contributed by atoms with van der Waals surface area (Å²) in [6, 6.07) is 63.5. The second-order valence-corrected chi connectivity index (χ2v) is 25.0. The third kappa shape index (κ3) is 13.6. The van der Waals surface area contributed by atoms with Crippen LogP contribution in [0.5, 0.6) is 0 Å². The van der Waals surface area contributed by atoms with Crippen molar-refractivity contribution in [2.45, 2.75) is 103 Å². The van der Waals surface area contributed by atoms with Crippen LogP contribution in [0.2, 0.25) is 0 Å². The van der Waals surface area contributed by atoms with Gasteiger partial charge in [0.2, 0.25) is 0 Å². The molecule has 0 radical (unpaired) electrons. The predicted octanol–water partition coefficient (Wildman–Crippen LogP) is 12.8. The first-order valence-electron chi connectivity index (χ1n) is 21.5. The van der Waals surface area contributed by atoms with E-state index in [-0.39, 0.29) is 36.7 Å². The second-order valence-electron chi connectivity index (χ2n) is 16.8. The first kappa shape index (κ1) is 47.4. The summed E-state index contributed by atoms with van der Waals surface area (Å²) < 4.78 is 11.9. The molecule has 59 heavy (non-hydrogen) atoms. The molecule has 0 aromatic heterocycles. The first-order valence-corrected chi connectivity index (χ1v) is 25.8. The van der Waals surface area contributed by atoms with Crippen molar-refractivity contribution in [3.63, 3.8) is 0 Å². The van der Waals surface area contributed by atoms with Crippen LogP contribution in [-0.4, -0.2) is 36.5 Å². The average molecular weight is 883 g/mol. The smallest absolute Gasteiger partial charge is 0.353 e. The summed E-state index contributed by atoms with van der Waals surface area (Å²) in [5.41, 5.74) is 4.02. The predicted molar refractivity (Wildman–Crippen MR) is 258 cm³/mol. The van der Waals surface area contributed by atoms with Crippen molar-refractivity contribution in [2.75, 3.05) is 13.2 Å². The maximum Gasteiger partial charge on any atom is 2.00 e. The summed E-state index contributed by atoms with van der Waals surface area (Å²) in [5.74, 6) is 0. The molecule has 0 amide bonds. The van der Waals surface area contributed by atoms with Gasteiger partial charge in [-0.25, -0.2) is 24.3 Å². The molecule has 2 unspecified atom stereocenters. The topological polar surface area (TPSA) is 18.5 Å². The normalized spacial score (nSPS) is 14.6. The summed E-state index contributed by atoms with van der Waals surface area (Å²) in [5, 5.41) is 7.38. The number of hydrogen-bond acceptors (Lipinski definition) is 2. The van der Waals surface area contributed by atoms with Crippen LogP contribution in [0, 0.1) is 5.41 Å². The summed E-state index contributed by atoms with van der Waals surface area (Å²) in [6.45, 7) is 15.9. The van der Waals surface area contributed by atoms with Gasteiger partial charge in [-0.15, -0.1) is 5.30 Å². The largest absolute Gasteiger partial charge is 2.00 e. The molecule has 2 nitrogen and oxygen atoms in total. The fraction of sp³-hybridized carbons (Fsp3) is 0.358. The molecular weight excluding hydrogens is 817 g/mol. The van der Waals surface area contributed by atoms with Crippen LogP contribution in [0.15, 0.2) is 170 Å². The minimum Gasteiger partial charge on any atom is -0.353 e. The maximum absolute atomic E-state index is 5.95. The van der Waals surface area contributed by atoms with Crippen LogP contribution < -0.4 is 26.5 Å². The molecule has 312 valence electrons. The molecule has 1 heterocycles. The van der Waals surface area contributed by atoms with Crippen molar-refractivity contribution < 1.29 is 26.5 Å². The molecule has 6 heteroatoms. The van der Waals surface area contributed by atoms with E-state index in [1.807, 2.05) is 0 Å². The molecule has 0 N–H and O–H groups in total. The molecular formula is C53H65FeO2P3. The summed E-state index contributed by atoms with van der Waals surface area (Å²) in [6.07, 6.45) is 5.27. The zero-order valence-corrected chi connectivity index (χ0v) is 39.8. The van der Waals surface area contributed by atoms with Crippen molar-refractivity contribution in [3.05, 3.63) is 175 Å². The van der Waals surface area contributed by atoms with Gasteiger partial charge in [0.25, 0.3) is 0 Å². The first-order chi connectivity index (χ1) is 28.2. The zero-order chi connectivity index (χ0) is 40.7. The molecule has 0 spiro atoms. The van der Waals surface area contributed by atoms with Crippen molar-refractivity contribution in [3.8, 4) is 0 Å². The summed E-state index contributed by atoms with van der Waals surface area (Å²) >= 11 is 0. The molecule has 1 fully saturated rings. The van der Waals surface area contributed by atoms with Gasteiger partial charge in [0.15, 0.2) is 6.29 Å². The molecule has 1 aliphatic rings. The Hall–Kier alpha value is -2.69. The van der Waals surface area contributed by atoms with E-state index < -0.39 is 15.8 Å². The Kier molecular flexibility index (Phi) is 19.3. The van der Waals surface area contributed by atoms with E-state index in [1.165, 1.54) is 26.8 Å². The van der Waals surface area contributed by atoms with E-state index in [1.54, 1.807) is 5.30 Å². The summed E-state index contributed by atoms with van der Waals surface area (Å²) in [7, 11) is -1.32. The number of benzene rings is 4. The number of rotatable bonds is 17. The van der Waals surface area contributed by atoms with Crippen LogP contribution in [0.1, 0.15) is 84.9 Å². The molecule has 1 saturated heterocycles. The van der Waals surface area contributed by atoms with Gasteiger partial charge < -0.3 is 9.47 Å². The Balaban J connectivity index is 0.000000439. The number of ether oxygens (including phenoxy) is 2. The molecule has 7 rings (SSSR count). The fourth-order valence-corrected chi connectivity index (χ4v) is 18.0. The van der Waals surface area contributed by atoms with E-state index in [4.69, 9.17) is 9.47 Å². The maximum atomic E-state index is 5.95. The molecule has 0 saturated carbocycles. The van der Waals surface area contributed by atoms with E-state index in [0.717, 1.165) is 56.6 Å². The second kappa shape index (κ2) is 24.1. The van der Waals surface area contributed by atoms with Gasteiger partial charge in [-0.05, 0) is 97.2 Å². The third-order valence-electron chi connectivity index (χ3n) is 11.3. The van der Waals surface area contributed by atoms with E-state index in [9.17, 15) is 0 Å². The Morgan fingerprint density at radius 3 is 1.46 bits per heavy atom. The molecule has 6 aromatic carbocycles. The third-order valence-corrected chi connectivity index (χ3v) is 20.5. The van der Waals surface area contributed by atoms with Gasteiger partial charge in [0.05, 0.1) is 13.2 Å². The fourth-order valence-electron chi connectivity index (χ4n) is 8.52. The van der Waals surface area contributed by atoms with Gasteiger partial charge in [-0.2, -0.15) is 29.8 Å². The molecule has 2 atom stereocenters. The van der Waals surface area contributed by atoms with Gasteiger partial charge in [0.1, 0.15) is 0 Å². The molecule has 1 aliphatic heterocycles. The quantitative estimate of drug-likeness (QED) is 0.0516. The van der Waals surface area contributed by atoms with Gasteiger partial charge in [-0.1, -0.05) is 171 Å². The Bertz CT molecular complexity index is 1870. The van der Waals surface area contributed by atoms with Crippen molar-refractivity contribution in [2.24, 2.45) is 5.41 Å². The van der Waals surface area contributed by atoms with Crippen molar-refractivity contribution in [1.29, 1.82) is 0 Å². The number of hydrogen-bond donors (Lipinski definition) is 0. The van der Waals surface area contributed by atoms with E-state index in [0.29, 0.717) is 11.3 Å². The van der Waals surface area contributed by atoms with Crippen molar-refractivity contribution >= 4 is 50.3 Å². The Morgan fingerprint density at radius 2 is 1.03 bits per heavy atom. The van der Waals surface area contributed by atoms with Gasteiger partial charge in [-0.3, -0.25) is 0 Å². The molecule has 0 aliphatic carbocycles. The SMILES string of the molecule is CC(C)(CCC1OCCCO1)CCC(C(c1ccc[cH-]1)P(c1ccccc1)c1ccccc1)P(c1ccccc1)c1ccccc1.CC(C)P(c1ccc[cH-]1)C(C)C.[Fe+2]. The zero-order valence-electron chi connectivity index (χ0n) is 36.0. The summed E-state index contributed by atoms with van der Waals surface area (Å²) in [4.78, 5) is 0. The standard InChI is InChI=1S/C42H47O2P2.C11H18P.Fe/c1-42(2,31-29-40-43-32-17-33-44-40)30-28-39(45(35-20-7-3-8-21-35)36-22-9-4-10-23-36)41(34-18-15-16-19-34)46(37-24-11-5-12-25-37)38-26-13-6-14-27-38;1-9(2)12(10(3)4)11-7-5-6-8-11;/h3-16,18-27,39-41H,17,28-33H2,1-2H3;5-10H,1-4H3;/q2*-1;+2. The van der Waals surface area contributed by atoms with Crippen LogP contribution in [-0.2, 0) is 26.5 Å². The molecule has 6 aromatic rings. The Labute approximate surface area is 371 Å². The van der Waals surface area contributed by atoms with Crippen molar-refractivity contribution in [1.82, 2.24) is 0 Å². The van der Waals surface area contributed by atoms with Crippen LogP contribution >= 0.6 is 23.8 Å². The minimum absolute atomic E-state index is 0. The van der Waals surface area contributed by atoms with Crippen LogP contribution in [0.4, 0.5) is 0 Å². The van der Waals surface area contributed by atoms with Crippen LogP contribution in [0.3, 0.4) is 0 Å². The Morgan fingerprint density at radius 1 is 0.576 bits per heavy atom. The van der Waals surface area contributed by atoms with Gasteiger partial charge in [0, 0.05) is 0 Å². The van der Waals surface area contributed by atoms with Gasteiger partial charge >= 0.3 is 17.1 Å². The van der Waals surface area contributed by atoms with E-state index >= 15 is 0 Å². The van der Waals surface area contributed by atoms with Crippen LogP contribution in [0.25, 0.3) is 0 Å². The monoisotopic (exact) mass is 882 g/mol. The average Bonchev–Trinajstić information content (AvgIpc) is 3.99.